The van der Waals surface area contributed by atoms with Crippen molar-refractivity contribution >= 4 is 5.78 Å². The number of carbonyl (C=O) groups excluding carboxylic acids is 1. The normalized spacial score (nSPS) is 9.38. The molecule has 0 atom stereocenters. The Morgan fingerprint density at radius 3 is 2.19 bits per heavy atom. The molecule has 1 aromatic rings. The van der Waals surface area contributed by atoms with Crippen LogP contribution in [-0.2, 0) is 9.47 Å². The fraction of sp³-hybridized carbons (Fsp3) is 0.308. The van der Waals surface area contributed by atoms with Crippen LogP contribution in [0.15, 0.2) is 42.4 Å². The van der Waals surface area contributed by atoms with E-state index in [4.69, 9.17) is 9.47 Å². The Bertz CT molecular complexity index is 347. The van der Waals surface area contributed by atoms with Crippen molar-refractivity contribution in [3.63, 3.8) is 0 Å². The van der Waals surface area contributed by atoms with E-state index in [1.165, 1.54) is 6.08 Å². The molecule has 0 amide bonds. The largest absolute Gasteiger partial charge is 0.466 e. The summed E-state index contributed by atoms with van der Waals surface area (Å²) in [5.74, 6) is 0.163. The number of allylic oxidation sites excluding steroid dienone is 1. The molecule has 0 N–H and O–H groups in total. The van der Waals surface area contributed by atoms with Gasteiger partial charge >= 0.3 is 0 Å². The number of hydrogen-bond acceptors (Lipinski definition) is 3. The molecule has 1 aromatic carbocycles. The van der Waals surface area contributed by atoms with Crippen LogP contribution in [0.2, 0.25) is 0 Å². The average molecular weight is 220 g/mol. The first-order valence-electron chi connectivity index (χ1n) is 5.34. The lowest BCUT2D eigenvalue weighted by Gasteiger charge is -2.08. The third-order valence-corrected chi connectivity index (χ3v) is 1.88. The zero-order chi connectivity index (χ0) is 11.8. The minimum absolute atomic E-state index is 0.113. The number of ketones is 1. The highest BCUT2D eigenvalue weighted by atomic mass is 16.7. The lowest BCUT2D eigenvalue weighted by atomic mass is 10.1. The van der Waals surface area contributed by atoms with Crippen molar-refractivity contribution in [3.8, 4) is 0 Å². The molecule has 0 saturated carbocycles. The number of benzene rings is 1. The second-order valence-corrected chi connectivity index (χ2v) is 3.06. The average Bonchev–Trinajstić information content (AvgIpc) is 2.31. The second kappa shape index (κ2) is 6.67. The maximum Gasteiger partial charge on any atom is 0.283 e. The molecular weight excluding hydrogens is 204 g/mol. The van der Waals surface area contributed by atoms with E-state index < -0.39 is 0 Å². The Morgan fingerprint density at radius 2 is 1.69 bits per heavy atom. The van der Waals surface area contributed by atoms with Gasteiger partial charge in [-0.25, -0.2) is 0 Å². The summed E-state index contributed by atoms with van der Waals surface area (Å²) in [7, 11) is 0. The Kier molecular flexibility index (Phi) is 5.12. The molecule has 0 aromatic heterocycles. The Morgan fingerprint density at radius 1 is 1.12 bits per heavy atom. The summed E-state index contributed by atoms with van der Waals surface area (Å²) in [6.07, 6.45) is 1.38. The maximum absolute atomic E-state index is 11.8. The molecule has 0 heterocycles. The van der Waals surface area contributed by atoms with Crippen LogP contribution in [0.4, 0.5) is 0 Å². The molecule has 1 rings (SSSR count). The van der Waals surface area contributed by atoms with Crippen LogP contribution in [0.1, 0.15) is 24.2 Å². The summed E-state index contributed by atoms with van der Waals surface area (Å²) in [5.41, 5.74) is 0.624. The van der Waals surface area contributed by atoms with Gasteiger partial charge in [0.25, 0.3) is 5.95 Å². The smallest absolute Gasteiger partial charge is 0.283 e. The molecule has 0 spiro atoms. The Balaban J connectivity index is 2.76. The van der Waals surface area contributed by atoms with Crippen LogP contribution < -0.4 is 0 Å². The molecule has 0 aliphatic heterocycles. The van der Waals surface area contributed by atoms with Crippen molar-refractivity contribution in [3.05, 3.63) is 47.9 Å². The third kappa shape index (κ3) is 3.77. The summed E-state index contributed by atoms with van der Waals surface area (Å²) in [6, 6.07) is 9.03. The first-order valence-corrected chi connectivity index (χ1v) is 5.34. The van der Waals surface area contributed by atoms with Crippen molar-refractivity contribution in [2.75, 3.05) is 13.2 Å². The fourth-order valence-corrected chi connectivity index (χ4v) is 1.20. The van der Waals surface area contributed by atoms with Crippen LogP contribution >= 0.6 is 0 Å². The minimum Gasteiger partial charge on any atom is -0.466 e. The van der Waals surface area contributed by atoms with E-state index in [9.17, 15) is 4.79 Å². The molecule has 0 radical (unpaired) electrons. The summed E-state index contributed by atoms with van der Waals surface area (Å²) in [5, 5.41) is 0. The van der Waals surface area contributed by atoms with Crippen LogP contribution in [0.3, 0.4) is 0 Å². The topological polar surface area (TPSA) is 35.5 Å². The molecule has 0 fully saturated rings. The SMILES string of the molecule is CCOC(=CC(=O)c1ccccc1)OCC. The summed E-state index contributed by atoms with van der Waals surface area (Å²) >= 11 is 0. The van der Waals surface area contributed by atoms with Crippen molar-refractivity contribution in [1.82, 2.24) is 0 Å². The number of hydrogen-bond donors (Lipinski definition) is 0. The van der Waals surface area contributed by atoms with E-state index in [0.717, 1.165) is 0 Å². The highest BCUT2D eigenvalue weighted by Gasteiger charge is 2.05. The minimum atomic E-state index is -0.113. The van der Waals surface area contributed by atoms with E-state index in [1.807, 2.05) is 32.0 Å². The molecular formula is C13H16O3. The van der Waals surface area contributed by atoms with Gasteiger partial charge < -0.3 is 9.47 Å². The van der Waals surface area contributed by atoms with Gasteiger partial charge in [-0.15, -0.1) is 0 Å². The Labute approximate surface area is 95.7 Å². The van der Waals surface area contributed by atoms with Gasteiger partial charge in [0, 0.05) is 5.56 Å². The van der Waals surface area contributed by atoms with E-state index in [0.29, 0.717) is 18.8 Å². The van der Waals surface area contributed by atoms with Gasteiger partial charge in [0.1, 0.15) is 0 Å². The van der Waals surface area contributed by atoms with Gasteiger partial charge in [-0.2, -0.15) is 0 Å². The first kappa shape index (κ1) is 12.3. The molecule has 0 bridgehead atoms. The van der Waals surface area contributed by atoms with E-state index in [1.54, 1.807) is 12.1 Å². The van der Waals surface area contributed by atoms with Crippen molar-refractivity contribution in [1.29, 1.82) is 0 Å². The zero-order valence-electron chi connectivity index (χ0n) is 9.60. The van der Waals surface area contributed by atoms with E-state index in [2.05, 4.69) is 0 Å². The second-order valence-electron chi connectivity index (χ2n) is 3.06. The number of ether oxygens (including phenoxy) is 2. The first-order chi connectivity index (χ1) is 7.77. The summed E-state index contributed by atoms with van der Waals surface area (Å²) in [6.45, 7) is 4.65. The number of carbonyl (C=O) groups is 1. The lowest BCUT2D eigenvalue weighted by Crippen LogP contribution is -2.02. The zero-order valence-corrected chi connectivity index (χ0v) is 9.60. The third-order valence-electron chi connectivity index (χ3n) is 1.88. The van der Waals surface area contributed by atoms with Gasteiger partial charge in [-0.05, 0) is 13.8 Å². The van der Waals surface area contributed by atoms with E-state index >= 15 is 0 Å². The quantitative estimate of drug-likeness (QED) is 0.420. The highest BCUT2D eigenvalue weighted by molar-refractivity contribution is 6.04. The van der Waals surface area contributed by atoms with Gasteiger partial charge in [-0.3, -0.25) is 4.79 Å². The summed E-state index contributed by atoms with van der Waals surface area (Å²) < 4.78 is 10.4. The van der Waals surface area contributed by atoms with Crippen LogP contribution in [0, 0.1) is 0 Å². The maximum atomic E-state index is 11.8. The number of rotatable bonds is 6. The predicted octanol–water partition coefficient (Wildman–Crippen LogP) is 2.78. The monoisotopic (exact) mass is 220 g/mol. The van der Waals surface area contributed by atoms with Gasteiger partial charge in [0.2, 0.25) is 0 Å². The lowest BCUT2D eigenvalue weighted by molar-refractivity contribution is 0.0453. The molecule has 3 heteroatoms. The van der Waals surface area contributed by atoms with Crippen molar-refractivity contribution in [2.24, 2.45) is 0 Å². The molecule has 0 saturated heterocycles. The van der Waals surface area contributed by atoms with Gasteiger partial charge in [0.15, 0.2) is 5.78 Å². The predicted molar refractivity (Wildman–Crippen MR) is 62.1 cm³/mol. The van der Waals surface area contributed by atoms with Crippen LogP contribution in [0.5, 0.6) is 0 Å². The molecule has 0 unspecified atom stereocenters. The Hall–Kier alpha value is -1.77. The molecule has 16 heavy (non-hydrogen) atoms. The van der Waals surface area contributed by atoms with Crippen molar-refractivity contribution in [2.45, 2.75) is 13.8 Å². The summed E-state index contributed by atoms with van der Waals surface area (Å²) in [4.78, 5) is 11.8. The molecule has 0 aliphatic carbocycles. The van der Waals surface area contributed by atoms with E-state index in [-0.39, 0.29) is 11.7 Å². The molecule has 3 nitrogen and oxygen atoms in total. The van der Waals surface area contributed by atoms with Gasteiger partial charge in [-0.1, -0.05) is 30.3 Å². The van der Waals surface area contributed by atoms with Gasteiger partial charge in [0.05, 0.1) is 19.3 Å². The highest BCUT2D eigenvalue weighted by Crippen LogP contribution is 2.06. The molecule has 0 aliphatic rings. The molecule has 86 valence electrons. The van der Waals surface area contributed by atoms with Crippen LogP contribution in [0.25, 0.3) is 0 Å². The standard InChI is InChI=1S/C13H16O3/c1-3-15-13(16-4-2)10-12(14)11-8-6-5-7-9-11/h5-10H,3-4H2,1-2H3. The van der Waals surface area contributed by atoms with Crippen LogP contribution in [-0.4, -0.2) is 19.0 Å². The van der Waals surface area contributed by atoms with Crippen molar-refractivity contribution < 1.29 is 14.3 Å². The fourth-order valence-electron chi connectivity index (χ4n) is 1.20.